The van der Waals surface area contributed by atoms with E-state index < -0.39 is 98.9 Å². The highest BCUT2D eigenvalue weighted by atomic mass is 32.2. The number of carboxylic acids is 1. The highest BCUT2D eigenvalue weighted by Gasteiger charge is 2.43. The minimum atomic E-state index is -4.33. The zero-order valence-electron chi connectivity index (χ0n) is 43.1. The van der Waals surface area contributed by atoms with Crippen LogP contribution in [0.4, 0.5) is 0 Å². The first-order valence-electron chi connectivity index (χ1n) is 25.2. The predicted octanol–water partition coefficient (Wildman–Crippen LogP) is 6.09. The van der Waals surface area contributed by atoms with Crippen molar-refractivity contribution in [3.8, 4) is 5.75 Å². The Morgan fingerprint density at radius 1 is 0.760 bits per heavy atom. The van der Waals surface area contributed by atoms with E-state index in [1.54, 1.807) is 58.0 Å². The van der Waals surface area contributed by atoms with Gasteiger partial charge in [0.05, 0.1) is 12.2 Å². The molecule has 0 aliphatic carbocycles. The van der Waals surface area contributed by atoms with Crippen molar-refractivity contribution in [2.45, 2.75) is 134 Å². The molecule has 0 radical (unpaired) electrons. The highest BCUT2D eigenvalue weighted by molar-refractivity contribution is 7.85. The minimum Gasteiger partial charge on any atom is -0.493 e. The summed E-state index contributed by atoms with van der Waals surface area (Å²) in [6.07, 6.45) is 0.806. The number of fused-ring (bicyclic) bond motifs is 2. The molecule has 1 aliphatic rings. The van der Waals surface area contributed by atoms with E-state index in [2.05, 4.69) is 26.6 Å². The Morgan fingerprint density at radius 3 is 2.05 bits per heavy atom. The number of nitrogens with zero attached hydrogens (tertiary/aromatic N) is 1. The third-order valence-electron chi connectivity index (χ3n) is 12.9. The number of amides is 6. The van der Waals surface area contributed by atoms with Crippen molar-refractivity contribution in [1.29, 1.82) is 0 Å². The summed E-state index contributed by atoms with van der Waals surface area (Å²) in [6.45, 7) is 11.2. The SMILES string of the molecule is CCC[C@H](NC(=O)[C@H](Cc1ccc(CS(=O)(=O)O)cc1)NC(=O)c1c(OCC)ccc2ccccc12)C(=O)N1CC[C@H](C)[C@H]1C(=O)N[C@@H](Cc1csc2ccccc12)C(=O)N[C@@H](CCCC(=O)O)C(=O)NC(C)(C)C. The number of hydrogen-bond donors (Lipinski definition) is 7. The maximum atomic E-state index is 14.9. The molecule has 18 nitrogen and oxygen atoms in total. The molecule has 1 aliphatic heterocycles. The summed E-state index contributed by atoms with van der Waals surface area (Å²) in [5.74, 6) is -5.50. The van der Waals surface area contributed by atoms with Gasteiger partial charge in [0.15, 0.2) is 0 Å². The Morgan fingerprint density at radius 2 is 1.40 bits per heavy atom. The summed E-state index contributed by atoms with van der Waals surface area (Å²) in [4.78, 5) is 99.7. The average molecular weight is 1070 g/mol. The van der Waals surface area contributed by atoms with Crippen molar-refractivity contribution in [2.24, 2.45) is 5.92 Å². The number of carboxylic acid groups (broad SMARTS) is 1. The molecule has 0 spiro atoms. The lowest BCUT2D eigenvalue weighted by Crippen LogP contribution is -2.60. The number of thiophene rings is 1. The molecule has 1 fully saturated rings. The third kappa shape index (κ3) is 15.8. The van der Waals surface area contributed by atoms with Crippen LogP contribution in [0.1, 0.15) is 107 Å². The van der Waals surface area contributed by atoms with Gasteiger partial charge in [-0.25, -0.2) is 0 Å². The monoisotopic (exact) mass is 1070 g/mol. The van der Waals surface area contributed by atoms with Crippen molar-refractivity contribution in [3.05, 3.63) is 113 Å². The van der Waals surface area contributed by atoms with Crippen LogP contribution < -0.4 is 31.3 Å². The van der Waals surface area contributed by atoms with Crippen LogP contribution in [0.15, 0.2) is 90.3 Å². The standard InChI is InChI=1S/C55H68N6O12S2/c1-7-14-41(57-49(64)42(29-34-21-23-35(24-22-34)32-75(70,71)72)58-52(67)47-39-17-10-9-15-36(39)25-26-44(47)73-8-2)54(69)61-28-27-33(3)48(61)53(68)59-43(30-37-31-74-45-19-12-11-16-38(37)45)50(65)56-40(18-13-20-46(62)63)51(66)60-55(4,5)6/h9-12,15-17,19,21-26,31,33,40-43,48H,7-8,13-14,18,20,27-30,32H2,1-6H3,(H,56,65)(H,57,64)(H,58,67)(H,59,68)(H,60,66)(H,62,63)(H,70,71,72)/t33-,40-,41-,42-,43-,48-/m0/s1. The molecule has 1 saturated heterocycles. The number of nitrogens with one attached hydrogen (secondary N) is 5. The molecule has 7 N–H and O–H groups in total. The molecular formula is C55H68N6O12S2. The summed E-state index contributed by atoms with van der Waals surface area (Å²) in [5.41, 5.74) is 1.10. The van der Waals surface area contributed by atoms with Gasteiger partial charge in [0.1, 0.15) is 41.7 Å². The van der Waals surface area contributed by atoms with Gasteiger partial charge in [-0.05, 0) is 110 Å². The minimum absolute atomic E-state index is 0.0137. The summed E-state index contributed by atoms with van der Waals surface area (Å²) in [7, 11) is -4.33. The first kappa shape index (κ1) is 57.4. The van der Waals surface area contributed by atoms with E-state index in [9.17, 15) is 51.6 Å². The summed E-state index contributed by atoms with van der Waals surface area (Å²) in [6, 6.07) is 18.5. The van der Waals surface area contributed by atoms with Crippen molar-refractivity contribution >= 4 is 83.7 Å². The number of benzene rings is 4. The number of likely N-dealkylation sites (tertiary alicyclic amines) is 1. The van der Waals surface area contributed by atoms with Gasteiger partial charge in [0.2, 0.25) is 29.5 Å². The van der Waals surface area contributed by atoms with E-state index in [-0.39, 0.29) is 57.2 Å². The molecular weight excluding hydrogens is 1000 g/mol. The van der Waals surface area contributed by atoms with E-state index in [4.69, 9.17) is 4.74 Å². The van der Waals surface area contributed by atoms with E-state index in [1.165, 1.54) is 28.4 Å². The third-order valence-corrected chi connectivity index (χ3v) is 14.6. The van der Waals surface area contributed by atoms with Crippen LogP contribution >= 0.6 is 11.3 Å². The highest BCUT2D eigenvalue weighted by Crippen LogP contribution is 2.31. The van der Waals surface area contributed by atoms with Gasteiger partial charge in [-0.1, -0.05) is 93.1 Å². The van der Waals surface area contributed by atoms with Crippen molar-refractivity contribution in [2.75, 3.05) is 13.2 Å². The molecule has 402 valence electrons. The van der Waals surface area contributed by atoms with E-state index in [0.717, 1.165) is 21.0 Å². The first-order chi connectivity index (χ1) is 35.5. The predicted molar refractivity (Wildman–Crippen MR) is 287 cm³/mol. The van der Waals surface area contributed by atoms with Crippen LogP contribution in [-0.2, 0) is 57.5 Å². The molecule has 0 saturated carbocycles. The zero-order chi connectivity index (χ0) is 54.6. The molecule has 2 heterocycles. The van der Waals surface area contributed by atoms with Gasteiger partial charge in [0.25, 0.3) is 16.0 Å². The van der Waals surface area contributed by atoms with Gasteiger partial charge in [-0.2, -0.15) is 8.42 Å². The molecule has 6 rings (SSSR count). The number of aliphatic carboxylic acids is 1. The van der Waals surface area contributed by atoms with Crippen LogP contribution in [0.25, 0.3) is 20.9 Å². The van der Waals surface area contributed by atoms with Crippen molar-refractivity contribution in [1.82, 2.24) is 31.5 Å². The van der Waals surface area contributed by atoms with Crippen molar-refractivity contribution < 1.29 is 56.4 Å². The number of rotatable bonds is 24. The molecule has 5 aromatic rings. The number of carbonyl (C=O) groups is 7. The second-order valence-corrected chi connectivity index (χ2v) is 22.4. The second kappa shape index (κ2) is 25.6. The summed E-state index contributed by atoms with van der Waals surface area (Å²) < 4.78 is 39.5. The number of ether oxygens (including phenoxy) is 1. The Bertz CT molecular complexity index is 2990. The van der Waals surface area contributed by atoms with Crippen LogP contribution in [0, 0.1) is 5.92 Å². The smallest absolute Gasteiger partial charge is 0.303 e. The quantitative estimate of drug-likeness (QED) is 0.0347. The van der Waals surface area contributed by atoms with Gasteiger partial charge in [0, 0.05) is 36.0 Å². The lowest BCUT2D eigenvalue weighted by atomic mass is 9.98. The largest absolute Gasteiger partial charge is 0.493 e. The number of carbonyl (C=O) groups excluding carboxylic acids is 6. The van der Waals surface area contributed by atoms with E-state index in [0.29, 0.717) is 35.1 Å². The first-order valence-corrected chi connectivity index (χ1v) is 27.7. The molecule has 4 aromatic carbocycles. The normalized spacial score (nSPS) is 16.3. The molecule has 20 heteroatoms. The Hall–Kier alpha value is -6.90. The molecule has 1 aromatic heterocycles. The Kier molecular flexibility index (Phi) is 19.6. The lowest BCUT2D eigenvalue weighted by molar-refractivity contribution is -0.143. The molecule has 75 heavy (non-hydrogen) atoms. The molecule has 6 amide bonds. The lowest BCUT2D eigenvalue weighted by Gasteiger charge is -2.32. The van der Waals surface area contributed by atoms with Gasteiger partial charge in [-0.15, -0.1) is 11.3 Å². The van der Waals surface area contributed by atoms with Crippen LogP contribution in [-0.4, -0.2) is 113 Å². The van der Waals surface area contributed by atoms with Crippen molar-refractivity contribution in [3.63, 3.8) is 0 Å². The van der Waals surface area contributed by atoms with Gasteiger partial charge >= 0.3 is 5.97 Å². The maximum Gasteiger partial charge on any atom is 0.303 e. The second-order valence-electron chi connectivity index (χ2n) is 20.1. The fourth-order valence-corrected chi connectivity index (χ4v) is 11.0. The van der Waals surface area contributed by atoms with Crippen LogP contribution in [0.3, 0.4) is 0 Å². The molecule has 0 unspecified atom stereocenters. The average Bonchev–Trinajstić information content (AvgIpc) is 3.95. The Balaban J connectivity index is 1.28. The molecule has 0 bridgehead atoms. The Labute approximate surface area is 441 Å². The van der Waals surface area contributed by atoms with Crippen LogP contribution in [0.2, 0.25) is 0 Å². The maximum absolute atomic E-state index is 14.9. The fraction of sp³-hybridized carbons (Fsp3) is 0.436. The van der Waals surface area contributed by atoms with E-state index in [1.807, 2.05) is 61.7 Å². The van der Waals surface area contributed by atoms with Crippen LogP contribution in [0.5, 0.6) is 5.75 Å². The molecule has 6 atom stereocenters. The van der Waals surface area contributed by atoms with E-state index >= 15 is 0 Å². The van der Waals surface area contributed by atoms with Gasteiger partial charge < -0.3 is 41.3 Å². The summed E-state index contributed by atoms with van der Waals surface area (Å²) >= 11 is 1.47. The summed E-state index contributed by atoms with van der Waals surface area (Å²) in [5, 5.41) is 27.8. The topological polar surface area (TPSA) is 267 Å². The number of hydrogen-bond acceptors (Lipinski definition) is 11. The fourth-order valence-electron chi connectivity index (χ4n) is 9.36. The van der Waals surface area contributed by atoms with Gasteiger partial charge in [-0.3, -0.25) is 38.1 Å². The zero-order valence-corrected chi connectivity index (χ0v) is 44.8.